The summed E-state index contributed by atoms with van der Waals surface area (Å²) in [5, 5.41) is 6.01. The molecule has 0 atom stereocenters. The van der Waals surface area contributed by atoms with E-state index in [9.17, 15) is 4.79 Å². The molecular weight excluding hydrogens is 288 g/mol. The van der Waals surface area contributed by atoms with E-state index in [2.05, 4.69) is 26.7 Å². The number of anilines is 3. The summed E-state index contributed by atoms with van der Waals surface area (Å²) in [6.07, 6.45) is 4.82. The molecule has 2 N–H and O–H groups in total. The third-order valence-corrected chi connectivity index (χ3v) is 3.24. The monoisotopic (exact) mass is 304 g/mol. The molecule has 5 nitrogen and oxygen atoms in total. The molecule has 114 valence electrons. The summed E-state index contributed by atoms with van der Waals surface area (Å²) < 4.78 is 0. The van der Waals surface area contributed by atoms with E-state index in [0.717, 1.165) is 11.4 Å². The first-order chi connectivity index (χ1) is 11.2. The number of hydrogen-bond acceptors (Lipinski definition) is 4. The Morgan fingerprint density at radius 1 is 1.00 bits per heavy atom. The Bertz CT molecular complexity index is 801. The first kappa shape index (κ1) is 14.7. The lowest BCUT2D eigenvalue weighted by atomic mass is 10.2. The zero-order valence-electron chi connectivity index (χ0n) is 12.7. The number of hydrogen-bond donors (Lipinski definition) is 2. The molecule has 0 unspecified atom stereocenters. The zero-order valence-corrected chi connectivity index (χ0v) is 12.7. The number of carbonyl (C=O) groups is 1. The Hall–Kier alpha value is -3.21. The molecular formula is C18H16N4O. The number of pyridine rings is 2. The minimum Gasteiger partial charge on any atom is -0.354 e. The first-order valence-corrected chi connectivity index (χ1v) is 7.22. The number of aromatic nitrogens is 2. The van der Waals surface area contributed by atoms with Crippen molar-refractivity contribution < 1.29 is 4.79 Å². The van der Waals surface area contributed by atoms with Gasteiger partial charge in [-0.05, 0) is 48.9 Å². The van der Waals surface area contributed by atoms with Crippen molar-refractivity contribution in [1.82, 2.24) is 9.97 Å². The number of carbonyl (C=O) groups excluding carboxylic acids is 1. The molecule has 1 aromatic carbocycles. The molecule has 3 rings (SSSR count). The van der Waals surface area contributed by atoms with Crippen molar-refractivity contribution in [2.45, 2.75) is 6.92 Å². The van der Waals surface area contributed by atoms with Crippen LogP contribution in [0, 0.1) is 6.92 Å². The lowest BCUT2D eigenvalue weighted by Gasteiger charge is -2.08. The molecule has 0 fully saturated rings. The molecule has 0 aliphatic rings. The van der Waals surface area contributed by atoms with Gasteiger partial charge in [-0.2, -0.15) is 0 Å². The fourth-order valence-electron chi connectivity index (χ4n) is 2.12. The SMILES string of the molecule is Cc1cccc(Nc2ccc(NC(=O)c3cccnc3)nc2)c1. The molecule has 2 aromatic heterocycles. The highest BCUT2D eigenvalue weighted by molar-refractivity contribution is 6.03. The summed E-state index contributed by atoms with van der Waals surface area (Å²) in [4.78, 5) is 20.2. The smallest absolute Gasteiger partial charge is 0.258 e. The van der Waals surface area contributed by atoms with Gasteiger partial charge in [-0.15, -0.1) is 0 Å². The van der Waals surface area contributed by atoms with Gasteiger partial charge in [-0.25, -0.2) is 4.98 Å². The van der Waals surface area contributed by atoms with E-state index < -0.39 is 0 Å². The Balaban J connectivity index is 1.66. The topological polar surface area (TPSA) is 66.9 Å². The average molecular weight is 304 g/mol. The van der Waals surface area contributed by atoms with Crippen LogP contribution in [-0.4, -0.2) is 15.9 Å². The summed E-state index contributed by atoms with van der Waals surface area (Å²) in [6, 6.07) is 15.1. The highest BCUT2D eigenvalue weighted by Gasteiger charge is 2.06. The first-order valence-electron chi connectivity index (χ1n) is 7.22. The van der Waals surface area contributed by atoms with Crippen molar-refractivity contribution in [3.05, 3.63) is 78.2 Å². The maximum absolute atomic E-state index is 12.0. The van der Waals surface area contributed by atoms with Crippen molar-refractivity contribution in [3.8, 4) is 0 Å². The Kier molecular flexibility index (Phi) is 4.29. The molecule has 0 saturated heterocycles. The highest BCUT2D eigenvalue weighted by atomic mass is 16.1. The number of benzene rings is 1. The van der Waals surface area contributed by atoms with Crippen molar-refractivity contribution >= 4 is 23.1 Å². The van der Waals surface area contributed by atoms with Gasteiger partial charge >= 0.3 is 0 Å². The van der Waals surface area contributed by atoms with Gasteiger partial charge in [0.05, 0.1) is 17.4 Å². The van der Waals surface area contributed by atoms with E-state index in [1.165, 1.54) is 11.8 Å². The molecule has 0 saturated carbocycles. The van der Waals surface area contributed by atoms with E-state index in [-0.39, 0.29) is 5.91 Å². The zero-order chi connectivity index (χ0) is 16.1. The van der Waals surface area contributed by atoms with Gasteiger partial charge < -0.3 is 10.6 Å². The van der Waals surface area contributed by atoms with Crippen LogP contribution in [0.4, 0.5) is 17.2 Å². The number of nitrogens with one attached hydrogen (secondary N) is 2. The Morgan fingerprint density at radius 2 is 1.91 bits per heavy atom. The summed E-state index contributed by atoms with van der Waals surface area (Å²) in [7, 11) is 0. The Labute approximate surface area is 134 Å². The van der Waals surface area contributed by atoms with E-state index in [1.54, 1.807) is 30.6 Å². The van der Waals surface area contributed by atoms with Crippen LogP contribution >= 0.6 is 0 Å². The van der Waals surface area contributed by atoms with Crippen LogP contribution in [-0.2, 0) is 0 Å². The van der Waals surface area contributed by atoms with Crippen LogP contribution in [0.1, 0.15) is 15.9 Å². The summed E-state index contributed by atoms with van der Waals surface area (Å²) in [5.74, 6) is 0.263. The minimum atomic E-state index is -0.231. The van der Waals surface area contributed by atoms with Crippen molar-refractivity contribution in [3.63, 3.8) is 0 Å². The number of nitrogens with zero attached hydrogens (tertiary/aromatic N) is 2. The largest absolute Gasteiger partial charge is 0.354 e. The van der Waals surface area contributed by atoms with E-state index in [0.29, 0.717) is 11.4 Å². The lowest BCUT2D eigenvalue weighted by molar-refractivity contribution is 0.102. The second-order valence-electron chi connectivity index (χ2n) is 5.12. The van der Waals surface area contributed by atoms with Crippen LogP contribution < -0.4 is 10.6 Å². The van der Waals surface area contributed by atoms with Gasteiger partial charge in [0.2, 0.25) is 0 Å². The van der Waals surface area contributed by atoms with Crippen molar-refractivity contribution in [1.29, 1.82) is 0 Å². The standard InChI is InChI=1S/C18H16N4O/c1-13-4-2-6-15(10-13)21-16-7-8-17(20-12-16)22-18(23)14-5-3-9-19-11-14/h2-12,21H,1H3,(H,20,22,23). The van der Waals surface area contributed by atoms with Crippen LogP contribution in [0.25, 0.3) is 0 Å². The van der Waals surface area contributed by atoms with Crippen LogP contribution in [0.15, 0.2) is 67.1 Å². The second kappa shape index (κ2) is 6.70. The van der Waals surface area contributed by atoms with E-state index in [4.69, 9.17) is 0 Å². The van der Waals surface area contributed by atoms with Gasteiger partial charge in [0, 0.05) is 18.1 Å². The second-order valence-corrected chi connectivity index (χ2v) is 5.12. The van der Waals surface area contributed by atoms with E-state index >= 15 is 0 Å². The van der Waals surface area contributed by atoms with Crippen LogP contribution in [0.5, 0.6) is 0 Å². The van der Waals surface area contributed by atoms with Gasteiger partial charge in [0.1, 0.15) is 5.82 Å². The number of amides is 1. The van der Waals surface area contributed by atoms with Crippen molar-refractivity contribution in [2.24, 2.45) is 0 Å². The quantitative estimate of drug-likeness (QED) is 0.769. The van der Waals surface area contributed by atoms with E-state index in [1.807, 2.05) is 31.2 Å². The summed E-state index contributed by atoms with van der Waals surface area (Å²) in [5.41, 5.74) is 3.54. The van der Waals surface area contributed by atoms with Crippen LogP contribution in [0.2, 0.25) is 0 Å². The maximum Gasteiger partial charge on any atom is 0.258 e. The molecule has 1 amide bonds. The van der Waals surface area contributed by atoms with Crippen LogP contribution in [0.3, 0.4) is 0 Å². The molecule has 2 heterocycles. The molecule has 0 spiro atoms. The highest BCUT2D eigenvalue weighted by Crippen LogP contribution is 2.18. The third-order valence-electron chi connectivity index (χ3n) is 3.24. The molecule has 5 heteroatoms. The molecule has 0 bridgehead atoms. The maximum atomic E-state index is 12.0. The van der Waals surface area contributed by atoms with Crippen molar-refractivity contribution in [2.75, 3.05) is 10.6 Å². The Morgan fingerprint density at radius 3 is 2.61 bits per heavy atom. The fourth-order valence-corrected chi connectivity index (χ4v) is 2.12. The van der Waals surface area contributed by atoms with Gasteiger partial charge in [0.25, 0.3) is 5.91 Å². The molecule has 0 aliphatic carbocycles. The molecule has 0 radical (unpaired) electrons. The normalized spacial score (nSPS) is 10.1. The fraction of sp³-hybridized carbons (Fsp3) is 0.0556. The predicted octanol–water partition coefficient (Wildman–Crippen LogP) is 3.78. The predicted molar refractivity (Wildman–Crippen MR) is 90.9 cm³/mol. The minimum absolute atomic E-state index is 0.231. The summed E-state index contributed by atoms with van der Waals surface area (Å²) >= 11 is 0. The van der Waals surface area contributed by atoms with Gasteiger partial charge in [-0.3, -0.25) is 9.78 Å². The number of rotatable bonds is 4. The molecule has 3 aromatic rings. The molecule has 23 heavy (non-hydrogen) atoms. The van der Waals surface area contributed by atoms with Gasteiger partial charge in [0.15, 0.2) is 0 Å². The third kappa shape index (κ3) is 3.91. The summed E-state index contributed by atoms with van der Waals surface area (Å²) in [6.45, 7) is 2.04. The number of aryl methyl sites for hydroxylation is 1. The average Bonchev–Trinajstić information content (AvgIpc) is 2.57. The molecule has 0 aliphatic heterocycles. The lowest BCUT2D eigenvalue weighted by Crippen LogP contribution is -2.13. The van der Waals surface area contributed by atoms with Gasteiger partial charge in [-0.1, -0.05) is 12.1 Å².